The Hall–Kier alpha value is -0.790. The zero-order valence-corrected chi connectivity index (χ0v) is 14.1. The third-order valence-electron chi connectivity index (χ3n) is 2.54. The first-order valence-corrected chi connectivity index (χ1v) is 7.66. The highest BCUT2D eigenvalue weighted by atomic mass is 79.9. The highest BCUT2D eigenvalue weighted by molar-refractivity contribution is 9.11. The molecule has 0 aromatic heterocycles. The monoisotopic (exact) mass is 404 g/mol. The predicted molar refractivity (Wildman–Crippen MR) is 85.2 cm³/mol. The number of amides is 1. The fraction of sp³-hybridized carbons (Fsp3) is 0.167. The fourth-order valence-corrected chi connectivity index (χ4v) is 3.76. The number of aromatic hydroxyl groups is 1. The van der Waals surface area contributed by atoms with Crippen LogP contribution in [0.1, 0.15) is 5.56 Å². The first-order valence-electron chi connectivity index (χ1n) is 5.26. The summed E-state index contributed by atoms with van der Waals surface area (Å²) in [5, 5.41) is 10.6. The van der Waals surface area contributed by atoms with Gasteiger partial charge in [0.2, 0.25) is 0 Å². The van der Waals surface area contributed by atoms with Crippen LogP contribution in [-0.2, 0) is 4.79 Å². The molecule has 1 N–H and O–H groups in total. The number of benzene rings is 1. The van der Waals surface area contributed by atoms with Crippen LogP contribution < -0.4 is 0 Å². The van der Waals surface area contributed by atoms with Crippen LogP contribution in [0.2, 0.25) is 0 Å². The molecule has 7 heteroatoms. The van der Waals surface area contributed by atoms with Gasteiger partial charge in [-0.3, -0.25) is 14.7 Å². The Kier molecular flexibility index (Phi) is 4.37. The average molecular weight is 406 g/mol. The van der Waals surface area contributed by atoms with Crippen molar-refractivity contribution in [3.05, 3.63) is 31.5 Å². The molecule has 4 nitrogen and oxygen atoms in total. The number of carbonyl (C=O) groups is 1. The van der Waals surface area contributed by atoms with Gasteiger partial charge in [0.15, 0.2) is 5.17 Å². The van der Waals surface area contributed by atoms with Crippen LogP contribution in [0.15, 0.2) is 31.0 Å². The molecule has 0 aliphatic carbocycles. The Morgan fingerprint density at radius 1 is 1.42 bits per heavy atom. The summed E-state index contributed by atoms with van der Waals surface area (Å²) in [5.41, 5.74) is 0.572. The summed E-state index contributed by atoms with van der Waals surface area (Å²) in [6.07, 6.45) is 1.66. The molecule has 1 amide bonds. The number of halogens is 2. The molecule has 1 aromatic carbocycles. The summed E-state index contributed by atoms with van der Waals surface area (Å²) in [7, 11) is 3.32. The second-order valence-corrected chi connectivity index (χ2v) is 6.59. The first kappa shape index (κ1) is 14.6. The van der Waals surface area contributed by atoms with E-state index in [1.165, 1.54) is 16.7 Å². The number of hydrogen-bond donors (Lipinski definition) is 1. The van der Waals surface area contributed by atoms with E-state index in [0.29, 0.717) is 20.1 Å². The van der Waals surface area contributed by atoms with E-state index in [9.17, 15) is 9.90 Å². The number of thioether (sulfide) groups is 1. The molecule has 0 atom stereocenters. The molecule has 1 saturated heterocycles. The lowest BCUT2D eigenvalue weighted by Gasteiger charge is -2.05. The van der Waals surface area contributed by atoms with Crippen LogP contribution in [0.3, 0.4) is 0 Å². The molecule has 0 spiro atoms. The number of phenols is 1. The van der Waals surface area contributed by atoms with Crippen molar-refractivity contribution in [1.82, 2.24) is 4.90 Å². The van der Waals surface area contributed by atoms with Gasteiger partial charge < -0.3 is 5.11 Å². The molecule has 100 valence electrons. The molecule has 19 heavy (non-hydrogen) atoms. The summed E-state index contributed by atoms with van der Waals surface area (Å²) in [6.45, 7) is 0. The van der Waals surface area contributed by atoms with Crippen LogP contribution in [0.25, 0.3) is 6.08 Å². The second-order valence-electron chi connectivity index (χ2n) is 3.81. The Labute approximate surface area is 131 Å². The molecule has 0 bridgehead atoms. The highest BCUT2D eigenvalue weighted by Crippen LogP contribution is 2.37. The van der Waals surface area contributed by atoms with Crippen molar-refractivity contribution in [3.8, 4) is 5.75 Å². The molecule has 1 heterocycles. The average Bonchev–Trinajstić information content (AvgIpc) is 2.63. The van der Waals surface area contributed by atoms with Crippen molar-refractivity contribution in [2.24, 2.45) is 4.99 Å². The quantitative estimate of drug-likeness (QED) is 0.728. The number of amidine groups is 1. The lowest BCUT2D eigenvalue weighted by molar-refractivity contribution is -0.121. The predicted octanol–water partition coefficient (Wildman–Crippen LogP) is 3.45. The second kappa shape index (κ2) is 5.68. The maximum absolute atomic E-state index is 12.0. The smallest absolute Gasteiger partial charge is 0.266 e. The number of aliphatic imine (C=N–C) groups is 1. The fourth-order valence-electron chi connectivity index (χ4n) is 1.59. The Balaban J connectivity index is 2.46. The van der Waals surface area contributed by atoms with Gasteiger partial charge in [0.05, 0.1) is 9.38 Å². The summed E-state index contributed by atoms with van der Waals surface area (Å²) in [5.74, 6) is -0.0188. The van der Waals surface area contributed by atoms with Gasteiger partial charge in [-0.25, -0.2) is 0 Å². The first-order chi connectivity index (χ1) is 8.93. The molecule has 0 unspecified atom stereocenters. The maximum atomic E-state index is 12.0. The zero-order valence-electron chi connectivity index (χ0n) is 10.1. The lowest BCUT2D eigenvalue weighted by Crippen LogP contribution is -2.23. The van der Waals surface area contributed by atoms with E-state index >= 15 is 0 Å². The van der Waals surface area contributed by atoms with Crippen LogP contribution in [0.4, 0.5) is 0 Å². The number of nitrogens with zero attached hydrogens (tertiary/aromatic N) is 2. The minimum absolute atomic E-state index is 0.105. The third kappa shape index (κ3) is 2.88. The van der Waals surface area contributed by atoms with Gasteiger partial charge in [0.25, 0.3) is 5.91 Å². The van der Waals surface area contributed by atoms with Gasteiger partial charge in [-0.2, -0.15) is 0 Å². The number of hydrogen-bond acceptors (Lipinski definition) is 4. The van der Waals surface area contributed by atoms with E-state index in [4.69, 9.17) is 0 Å². The Morgan fingerprint density at radius 2 is 2.11 bits per heavy atom. The Morgan fingerprint density at radius 3 is 2.68 bits per heavy atom. The molecule has 1 aliphatic heterocycles. The van der Waals surface area contributed by atoms with Crippen molar-refractivity contribution in [2.75, 3.05) is 14.1 Å². The highest BCUT2D eigenvalue weighted by Gasteiger charge is 2.30. The summed E-state index contributed by atoms with van der Waals surface area (Å²) < 4.78 is 1.39. The van der Waals surface area contributed by atoms with Crippen molar-refractivity contribution in [3.63, 3.8) is 0 Å². The molecule has 0 saturated carbocycles. The maximum Gasteiger partial charge on any atom is 0.266 e. The van der Waals surface area contributed by atoms with Gasteiger partial charge in [0, 0.05) is 24.1 Å². The molecular formula is C12H10Br2N2O2S. The summed E-state index contributed by atoms with van der Waals surface area (Å²) in [6, 6.07) is 3.49. The van der Waals surface area contributed by atoms with E-state index in [2.05, 4.69) is 36.9 Å². The molecule has 2 rings (SSSR count). The van der Waals surface area contributed by atoms with Crippen LogP contribution >= 0.6 is 43.6 Å². The van der Waals surface area contributed by atoms with E-state index in [1.807, 2.05) is 0 Å². The Bertz CT molecular complexity index is 614. The molecule has 1 aliphatic rings. The van der Waals surface area contributed by atoms with Crippen molar-refractivity contribution < 1.29 is 9.90 Å². The molecule has 1 aromatic rings. The van der Waals surface area contributed by atoms with E-state index in [0.717, 1.165) is 4.47 Å². The standard InChI is InChI=1S/C12H10Br2N2O2S/c1-15-12-16(2)11(18)9(19-12)4-6-3-7(13)5-8(14)10(6)17/h3-5,17H,1-2H3/b9-4-,15-12?. The van der Waals surface area contributed by atoms with Crippen LogP contribution in [0, 0.1) is 0 Å². The molecule has 0 radical (unpaired) electrons. The van der Waals surface area contributed by atoms with Gasteiger partial charge in [0.1, 0.15) is 5.75 Å². The number of likely N-dealkylation sites (N-methyl/N-ethyl adjacent to an activating group) is 1. The minimum Gasteiger partial charge on any atom is -0.506 e. The SMILES string of the molecule is CN=C1S/C(=C\c2cc(Br)cc(Br)c2O)C(=O)N1C. The van der Waals surface area contributed by atoms with Crippen LogP contribution in [0.5, 0.6) is 5.75 Å². The summed E-state index contributed by atoms with van der Waals surface area (Å²) in [4.78, 5) is 18.1. The summed E-state index contributed by atoms with van der Waals surface area (Å²) >= 11 is 7.90. The topological polar surface area (TPSA) is 52.9 Å². The number of carbonyl (C=O) groups excluding carboxylic acids is 1. The number of rotatable bonds is 1. The normalized spacial score (nSPS) is 19.8. The number of phenolic OH excluding ortho intramolecular Hbond substituents is 1. The van der Waals surface area contributed by atoms with Gasteiger partial charge in [-0.1, -0.05) is 15.9 Å². The van der Waals surface area contributed by atoms with E-state index < -0.39 is 0 Å². The van der Waals surface area contributed by atoms with Crippen LogP contribution in [-0.4, -0.2) is 35.2 Å². The lowest BCUT2D eigenvalue weighted by atomic mass is 10.2. The zero-order chi connectivity index (χ0) is 14.2. The van der Waals surface area contributed by atoms with E-state index in [1.54, 1.807) is 32.3 Å². The third-order valence-corrected chi connectivity index (χ3v) is 4.75. The largest absolute Gasteiger partial charge is 0.506 e. The van der Waals surface area contributed by atoms with Gasteiger partial charge >= 0.3 is 0 Å². The van der Waals surface area contributed by atoms with Gasteiger partial charge in [-0.15, -0.1) is 0 Å². The van der Waals surface area contributed by atoms with Crippen molar-refractivity contribution in [2.45, 2.75) is 0 Å². The molecular weight excluding hydrogens is 396 g/mol. The van der Waals surface area contributed by atoms with E-state index in [-0.39, 0.29) is 11.7 Å². The molecule has 1 fully saturated rings. The van der Waals surface area contributed by atoms with Crippen molar-refractivity contribution in [1.29, 1.82) is 0 Å². The van der Waals surface area contributed by atoms with Gasteiger partial charge in [-0.05, 0) is 45.9 Å². The van der Waals surface area contributed by atoms with Crippen molar-refractivity contribution >= 4 is 60.8 Å². The minimum atomic E-state index is -0.124.